The quantitative estimate of drug-likeness (QED) is 0.516. The molecule has 1 N–H and O–H groups in total. The molecule has 0 spiro atoms. The van der Waals surface area contributed by atoms with Gasteiger partial charge in [-0.2, -0.15) is 0 Å². The predicted molar refractivity (Wildman–Crippen MR) is 20.1 cm³/mol. The van der Waals surface area contributed by atoms with E-state index in [1.807, 2.05) is 0 Å². The van der Waals surface area contributed by atoms with Crippen LogP contribution in [0.25, 0.3) is 0 Å². The second-order valence-corrected chi connectivity index (χ2v) is 0. The van der Waals surface area contributed by atoms with Crippen LogP contribution in [0.3, 0.4) is 0 Å². The molecule has 0 atom stereocenters. The topological polar surface area (TPSA) is 20.2 Å². The second kappa shape index (κ2) is 29.0. The van der Waals surface area contributed by atoms with Crippen molar-refractivity contribution in [2.75, 3.05) is 0 Å². The van der Waals surface area contributed by atoms with E-state index >= 15 is 0 Å². The first-order valence-corrected chi connectivity index (χ1v) is 1.34. The fourth-order valence-electron chi connectivity index (χ4n) is 0. The van der Waals surface area contributed by atoms with Crippen molar-refractivity contribution in [1.29, 1.82) is 0 Å². The summed E-state index contributed by atoms with van der Waals surface area (Å²) in [5, 5.41) is 0. The number of hydrogen-bond acceptors (Lipinski definition) is 1. The molecule has 0 aromatic carbocycles. The fourth-order valence-corrected chi connectivity index (χ4v) is 0. The van der Waals surface area contributed by atoms with Crippen LogP contribution in [-0.2, 0) is 32.7 Å². The molecule has 0 aliphatic heterocycles. The van der Waals surface area contributed by atoms with Crippen LogP contribution in [0.2, 0.25) is 0 Å². The molecule has 0 unspecified atom stereocenters. The summed E-state index contributed by atoms with van der Waals surface area (Å²) >= 11 is 0. The average Bonchev–Trinajstić information content (AvgIpc) is 1.00. The second-order valence-electron chi connectivity index (χ2n) is 0. The maximum atomic E-state index is 7.14. The Kier molecular flexibility index (Phi) is 145. The minimum Gasteiger partial charge on any atom is -1.00 e. The summed E-state index contributed by atoms with van der Waals surface area (Å²) < 4.78 is 0. The van der Waals surface area contributed by atoms with Gasteiger partial charge in [-0.05, 0) is 0 Å². The molecule has 0 rings (SSSR count). The predicted octanol–water partition coefficient (Wildman–Crippen LogP) is -1.90. The first kappa shape index (κ1) is 24.9. The van der Waals surface area contributed by atoms with Gasteiger partial charge in [-0.3, -0.25) is 0 Å². The molecule has 25 valence electrons. The van der Waals surface area contributed by atoms with Crippen LogP contribution in [0.4, 0.5) is 0 Å². The molecule has 0 aromatic rings. The molecule has 0 fully saturated rings. The normalized spacial score (nSPS) is 1.80. The van der Waals surface area contributed by atoms with Crippen LogP contribution in [0.1, 0.15) is 2.85 Å². The Hall–Kier alpha value is 2.83. The zero-order valence-electron chi connectivity index (χ0n) is 5.23. The van der Waals surface area contributed by atoms with Crippen molar-refractivity contribution in [3.63, 3.8) is 0 Å². The Morgan fingerprint density at radius 2 is 1.40 bits per heavy atom. The van der Waals surface area contributed by atoms with Gasteiger partial charge in [0.05, 0.1) is 0 Å². The Bertz CT molecular complexity index is 17.7. The van der Waals surface area contributed by atoms with Crippen molar-refractivity contribution >= 4 is 20.6 Å². The van der Waals surface area contributed by atoms with E-state index in [4.69, 9.17) is 4.80 Å². The largest absolute Gasteiger partial charge is 2.00 e. The van der Waals surface area contributed by atoms with E-state index in [2.05, 4.69) is 0 Å². The number of rotatable bonds is 0. The maximum absolute atomic E-state index is 7.14. The summed E-state index contributed by atoms with van der Waals surface area (Å²) in [6.45, 7) is 0. The van der Waals surface area contributed by atoms with Crippen LogP contribution >= 0.6 is 0 Å². The molecule has 0 saturated carbocycles. The molecule has 1 nitrogen and oxygen atoms in total. The SMILES string of the molecule is O[SiH3].[Be+2].[Ce].[H-].[H-].[Y]. The van der Waals surface area contributed by atoms with Gasteiger partial charge in [-0.1, -0.05) is 0 Å². The molecule has 5 heteroatoms. The van der Waals surface area contributed by atoms with Gasteiger partial charge in [0, 0.05) is 74.5 Å². The molecular weight excluding hydrogens is 282 g/mol. The van der Waals surface area contributed by atoms with Gasteiger partial charge >= 0.3 is 10.1 Å². The molecule has 0 aliphatic rings. The van der Waals surface area contributed by atoms with E-state index in [0.29, 0.717) is 10.5 Å². The van der Waals surface area contributed by atoms with Crippen molar-refractivity contribution in [1.82, 2.24) is 0 Å². The Morgan fingerprint density at radius 1 is 1.40 bits per heavy atom. The van der Waals surface area contributed by atoms with Crippen molar-refractivity contribution < 1.29 is 82.1 Å². The van der Waals surface area contributed by atoms with Crippen LogP contribution in [0, 0.1) is 41.7 Å². The molecule has 1 radical (unpaired) electrons. The van der Waals surface area contributed by atoms with Gasteiger partial charge in [0.25, 0.3) is 0 Å². The first-order chi connectivity index (χ1) is 1.00. The van der Waals surface area contributed by atoms with E-state index in [1.165, 1.54) is 0 Å². The van der Waals surface area contributed by atoms with E-state index in [-0.39, 0.29) is 87.4 Å². The van der Waals surface area contributed by atoms with Crippen molar-refractivity contribution in [3.8, 4) is 0 Å². The molecule has 0 bridgehead atoms. The summed E-state index contributed by atoms with van der Waals surface area (Å²) in [6, 6.07) is 0. The molecule has 0 aliphatic carbocycles. The van der Waals surface area contributed by atoms with Crippen LogP contribution in [0.15, 0.2) is 0 Å². The van der Waals surface area contributed by atoms with Gasteiger partial charge in [0.2, 0.25) is 0 Å². The monoisotopic (exact) mass is 288 g/mol. The van der Waals surface area contributed by atoms with Gasteiger partial charge in [0.1, 0.15) is 10.5 Å². The molecule has 0 amide bonds. The third-order valence-corrected chi connectivity index (χ3v) is 0. The summed E-state index contributed by atoms with van der Waals surface area (Å²) in [5.41, 5.74) is 0. The first-order valence-electron chi connectivity index (χ1n) is 0.447. The third kappa shape index (κ3) is 19.9. The molecule has 0 heterocycles. The van der Waals surface area contributed by atoms with Crippen LogP contribution in [-0.4, -0.2) is 25.4 Å². The maximum Gasteiger partial charge on any atom is 2.00 e. The van der Waals surface area contributed by atoms with Crippen molar-refractivity contribution in [3.05, 3.63) is 0 Å². The summed E-state index contributed by atoms with van der Waals surface area (Å²) in [7, 11) is 0.306. The van der Waals surface area contributed by atoms with Crippen molar-refractivity contribution in [2.24, 2.45) is 0 Å². The Labute approximate surface area is 101 Å². The van der Waals surface area contributed by atoms with Crippen molar-refractivity contribution in [2.45, 2.75) is 0 Å². The third-order valence-electron chi connectivity index (χ3n) is 0. The smallest absolute Gasteiger partial charge is 1.00 e. The Morgan fingerprint density at radius 3 is 1.40 bits per heavy atom. The van der Waals surface area contributed by atoms with Gasteiger partial charge in [-0.25, -0.2) is 0 Å². The standard InChI is InChI=1S/Be.Ce.H4OSi.Y.2H/c;;1-2;;;/h;;1H,2H3;;;/q+2;;;;2*-1. The Balaban J connectivity index is -0.000000000500. The van der Waals surface area contributed by atoms with E-state index in [1.54, 1.807) is 0 Å². The van der Waals surface area contributed by atoms with E-state index < -0.39 is 0 Å². The number of hydrogen-bond donors (Lipinski definition) is 1. The molecule has 0 saturated heterocycles. The van der Waals surface area contributed by atoms with Gasteiger partial charge in [0.15, 0.2) is 0 Å². The zero-order valence-corrected chi connectivity index (χ0v) is 11.2. The van der Waals surface area contributed by atoms with Crippen LogP contribution in [0.5, 0.6) is 0 Å². The van der Waals surface area contributed by atoms with E-state index in [0.717, 1.165) is 0 Å². The fraction of sp³-hybridized carbons (Fsp3) is 0. The minimum absolute atomic E-state index is 0. The summed E-state index contributed by atoms with van der Waals surface area (Å²) in [6.07, 6.45) is 0. The molecule has 5 heavy (non-hydrogen) atoms. The summed E-state index contributed by atoms with van der Waals surface area (Å²) in [4.78, 5) is 7.14. The van der Waals surface area contributed by atoms with Gasteiger partial charge < -0.3 is 7.65 Å². The average molecular weight is 288 g/mol. The molecular formula is H6BeCeOSiY. The molecule has 0 aromatic heterocycles. The minimum atomic E-state index is 0. The van der Waals surface area contributed by atoms with Gasteiger partial charge in [-0.15, -0.1) is 0 Å². The summed E-state index contributed by atoms with van der Waals surface area (Å²) in [5.74, 6) is 0. The van der Waals surface area contributed by atoms with Crippen LogP contribution < -0.4 is 0 Å². The van der Waals surface area contributed by atoms with E-state index in [9.17, 15) is 0 Å². The zero-order chi connectivity index (χ0) is 2.00.